The number of aromatic nitrogens is 2. The van der Waals surface area contributed by atoms with E-state index in [-0.39, 0.29) is 18.1 Å². The van der Waals surface area contributed by atoms with Crippen LogP contribution in [0.25, 0.3) is 5.69 Å². The van der Waals surface area contributed by atoms with E-state index in [2.05, 4.69) is 15.7 Å². The lowest BCUT2D eigenvalue weighted by atomic mass is 10.1. The molecule has 0 spiro atoms. The largest absolute Gasteiger partial charge is 0.378 e. The Bertz CT molecular complexity index is 693. The third kappa shape index (κ3) is 3.28. The van der Waals surface area contributed by atoms with Gasteiger partial charge in [-0.05, 0) is 44.2 Å². The number of carbonyl (C=O) groups is 1. The molecule has 0 saturated carbocycles. The monoisotopic (exact) mass is 314 g/mol. The van der Waals surface area contributed by atoms with Gasteiger partial charge in [0.05, 0.1) is 23.5 Å². The number of hydrogen-bond donors (Lipinski definition) is 2. The van der Waals surface area contributed by atoms with E-state index in [4.69, 9.17) is 4.74 Å². The lowest BCUT2D eigenvalue weighted by Gasteiger charge is -2.18. The number of aryl methyl sites for hydroxylation is 2. The van der Waals surface area contributed by atoms with E-state index in [0.717, 1.165) is 30.2 Å². The van der Waals surface area contributed by atoms with Crippen molar-refractivity contribution in [1.29, 1.82) is 0 Å². The maximum Gasteiger partial charge on any atom is 0.251 e. The highest BCUT2D eigenvalue weighted by Gasteiger charge is 2.28. The van der Waals surface area contributed by atoms with Gasteiger partial charge in [0.1, 0.15) is 0 Å². The topological polar surface area (TPSA) is 68.2 Å². The predicted molar refractivity (Wildman–Crippen MR) is 88.0 cm³/mol. The predicted octanol–water partition coefficient (Wildman–Crippen LogP) is 1.21. The molecule has 3 rings (SSSR count). The molecule has 1 fully saturated rings. The van der Waals surface area contributed by atoms with Crippen LogP contribution in [0.2, 0.25) is 0 Å². The van der Waals surface area contributed by atoms with Gasteiger partial charge in [-0.3, -0.25) is 4.79 Å². The molecule has 1 aromatic heterocycles. The van der Waals surface area contributed by atoms with Gasteiger partial charge in [0, 0.05) is 31.5 Å². The van der Waals surface area contributed by atoms with Crippen molar-refractivity contribution in [2.24, 2.45) is 0 Å². The molecule has 0 radical (unpaired) electrons. The van der Waals surface area contributed by atoms with Crippen LogP contribution in [0, 0.1) is 13.8 Å². The molecule has 122 valence electrons. The third-order valence-electron chi connectivity index (χ3n) is 4.16. The minimum absolute atomic E-state index is 0.00295. The van der Waals surface area contributed by atoms with E-state index < -0.39 is 0 Å². The van der Waals surface area contributed by atoms with Gasteiger partial charge in [-0.15, -0.1) is 0 Å². The Labute approximate surface area is 135 Å². The minimum atomic E-state index is -0.0827. The van der Waals surface area contributed by atoms with Crippen LogP contribution in [0.1, 0.15) is 21.7 Å². The number of nitrogens with zero attached hydrogens (tertiary/aromatic N) is 2. The Morgan fingerprint density at radius 3 is 2.65 bits per heavy atom. The zero-order valence-electron chi connectivity index (χ0n) is 13.7. The number of rotatable bonds is 4. The molecule has 2 heterocycles. The molecule has 2 atom stereocenters. The molecule has 6 heteroatoms. The summed E-state index contributed by atoms with van der Waals surface area (Å²) in [6.07, 6.45) is 0.0212. The summed E-state index contributed by atoms with van der Waals surface area (Å²) in [5, 5.41) is 10.7. The van der Waals surface area contributed by atoms with E-state index in [1.165, 1.54) is 0 Å². The van der Waals surface area contributed by atoms with Crippen molar-refractivity contribution in [2.45, 2.75) is 26.0 Å². The number of carbonyl (C=O) groups excluding carboxylic acids is 1. The summed E-state index contributed by atoms with van der Waals surface area (Å²) in [7, 11) is 1.67. The normalized spacial score (nSPS) is 20.7. The minimum Gasteiger partial charge on any atom is -0.378 e. The summed E-state index contributed by atoms with van der Waals surface area (Å²) in [5.41, 5.74) is 3.63. The van der Waals surface area contributed by atoms with Crippen LogP contribution in [0.3, 0.4) is 0 Å². The Morgan fingerprint density at radius 2 is 2.04 bits per heavy atom. The number of hydrogen-bond acceptors (Lipinski definition) is 4. The van der Waals surface area contributed by atoms with Gasteiger partial charge in [0.15, 0.2) is 0 Å². The maximum absolute atomic E-state index is 12.4. The first kappa shape index (κ1) is 15.7. The molecule has 1 aliphatic rings. The molecule has 1 saturated heterocycles. The van der Waals surface area contributed by atoms with Crippen molar-refractivity contribution >= 4 is 5.91 Å². The van der Waals surface area contributed by atoms with E-state index in [1.807, 2.05) is 48.9 Å². The highest BCUT2D eigenvalue weighted by molar-refractivity contribution is 5.94. The Kier molecular flexibility index (Phi) is 4.45. The fraction of sp³-hybridized carbons (Fsp3) is 0.412. The van der Waals surface area contributed by atoms with Gasteiger partial charge in [0.25, 0.3) is 5.91 Å². The van der Waals surface area contributed by atoms with Gasteiger partial charge in [-0.1, -0.05) is 0 Å². The van der Waals surface area contributed by atoms with Crippen LogP contribution >= 0.6 is 0 Å². The van der Waals surface area contributed by atoms with Crippen LogP contribution in [0.15, 0.2) is 30.3 Å². The van der Waals surface area contributed by atoms with Crippen LogP contribution in [0.5, 0.6) is 0 Å². The summed E-state index contributed by atoms with van der Waals surface area (Å²) in [6, 6.07) is 9.50. The smallest absolute Gasteiger partial charge is 0.251 e. The number of amides is 1. The van der Waals surface area contributed by atoms with Crippen molar-refractivity contribution in [3.05, 3.63) is 47.3 Å². The molecule has 23 heavy (non-hydrogen) atoms. The highest BCUT2D eigenvalue weighted by atomic mass is 16.5. The molecule has 1 amide bonds. The van der Waals surface area contributed by atoms with Gasteiger partial charge >= 0.3 is 0 Å². The molecule has 2 N–H and O–H groups in total. The summed E-state index contributed by atoms with van der Waals surface area (Å²) in [6.45, 7) is 5.47. The fourth-order valence-corrected chi connectivity index (χ4v) is 2.94. The summed E-state index contributed by atoms with van der Waals surface area (Å²) in [5.74, 6) is -0.0827. The maximum atomic E-state index is 12.4. The van der Waals surface area contributed by atoms with Crippen LogP contribution < -0.4 is 10.6 Å². The highest BCUT2D eigenvalue weighted by Crippen LogP contribution is 2.13. The fourth-order valence-electron chi connectivity index (χ4n) is 2.94. The number of methoxy groups -OCH3 is 1. The van der Waals surface area contributed by atoms with Crippen molar-refractivity contribution in [1.82, 2.24) is 20.4 Å². The number of benzene rings is 1. The standard InChI is InChI=1S/C17H22N4O2/c1-11-8-12(2)21(20-11)14-6-4-13(5-7-14)17(22)19-15-9-18-10-16(15)23-3/h4-8,15-16,18H,9-10H2,1-3H3,(H,19,22). The first-order valence-corrected chi connectivity index (χ1v) is 7.76. The van der Waals surface area contributed by atoms with Crippen LogP contribution in [0.4, 0.5) is 0 Å². The second-order valence-corrected chi connectivity index (χ2v) is 5.90. The number of nitrogens with one attached hydrogen (secondary N) is 2. The van der Waals surface area contributed by atoms with Crippen molar-refractivity contribution in [3.63, 3.8) is 0 Å². The molecule has 0 aliphatic carbocycles. The zero-order chi connectivity index (χ0) is 16.4. The molecule has 0 bridgehead atoms. The quantitative estimate of drug-likeness (QED) is 0.890. The first-order chi connectivity index (χ1) is 11.1. The molecular formula is C17H22N4O2. The number of ether oxygens (including phenoxy) is 1. The second-order valence-electron chi connectivity index (χ2n) is 5.90. The van der Waals surface area contributed by atoms with E-state index in [0.29, 0.717) is 5.56 Å². The molecule has 6 nitrogen and oxygen atoms in total. The average molecular weight is 314 g/mol. The summed E-state index contributed by atoms with van der Waals surface area (Å²) in [4.78, 5) is 12.4. The first-order valence-electron chi connectivity index (χ1n) is 7.76. The van der Waals surface area contributed by atoms with Gasteiger partial charge in [0.2, 0.25) is 0 Å². The van der Waals surface area contributed by atoms with Crippen molar-refractivity contribution < 1.29 is 9.53 Å². The SMILES string of the molecule is COC1CNCC1NC(=O)c1ccc(-n2nc(C)cc2C)cc1. The lowest BCUT2D eigenvalue weighted by Crippen LogP contribution is -2.43. The molecule has 2 unspecified atom stereocenters. The molecule has 2 aromatic rings. The molecule has 1 aliphatic heterocycles. The third-order valence-corrected chi connectivity index (χ3v) is 4.16. The van der Waals surface area contributed by atoms with Crippen molar-refractivity contribution in [3.8, 4) is 5.69 Å². The van der Waals surface area contributed by atoms with Gasteiger partial charge < -0.3 is 15.4 Å². The second kappa shape index (κ2) is 6.52. The summed E-state index contributed by atoms with van der Waals surface area (Å²) < 4.78 is 7.24. The lowest BCUT2D eigenvalue weighted by molar-refractivity contribution is 0.0780. The van der Waals surface area contributed by atoms with E-state index in [1.54, 1.807) is 7.11 Å². The van der Waals surface area contributed by atoms with Gasteiger partial charge in [-0.2, -0.15) is 5.10 Å². The van der Waals surface area contributed by atoms with E-state index in [9.17, 15) is 4.79 Å². The average Bonchev–Trinajstić information content (AvgIpc) is 3.13. The van der Waals surface area contributed by atoms with Gasteiger partial charge in [-0.25, -0.2) is 4.68 Å². The van der Waals surface area contributed by atoms with E-state index >= 15 is 0 Å². The Morgan fingerprint density at radius 1 is 1.30 bits per heavy atom. The Balaban J connectivity index is 1.72. The summed E-state index contributed by atoms with van der Waals surface area (Å²) >= 11 is 0. The Hall–Kier alpha value is -2.18. The van der Waals surface area contributed by atoms with Crippen molar-refractivity contribution in [2.75, 3.05) is 20.2 Å². The van der Waals surface area contributed by atoms with Crippen LogP contribution in [-0.4, -0.2) is 48.0 Å². The molecule has 1 aromatic carbocycles. The molecular weight excluding hydrogens is 292 g/mol. The zero-order valence-corrected chi connectivity index (χ0v) is 13.7. The van der Waals surface area contributed by atoms with Crippen LogP contribution in [-0.2, 0) is 4.74 Å².